The first-order valence-electron chi connectivity index (χ1n) is 12.4. The highest BCUT2D eigenvalue weighted by Crippen LogP contribution is 2.49. The Bertz CT molecular complexity index is 1730. The number of hydrogen-bond acceptors (Lipinski definition) is 6. The topological polar surface area (TPSA) is 97.4 Å². The third-order valence-electron chi connectivity index (χ3n) is 7.11. The van der Waals surface area contributed by atoms with Crippen LogP contribution in [0, 0.1) is 11.2 Å². The van der Waals surface area contributed by atoms with Gasteiger partial charge in [-0.25, -0.2) is 9.37 Å². The SMILES string of the molecule is CN(c1ccc(N(C(=O)C2(C(N)=O)CC2)c2ccccc2)cc1F)c1ccnc2cc(-c3cn(C)cn3)sc12. The molecule has 2 aromatic carbocycles. The van der Waals surface area contributed by atoms with Crippen molar-refractivity contribution in [1.29, 1.82) is 0 Å². The first-order valence-corrected chi connectivity index (χ1v) is 13.2. The average Bonchev–Trinajstić information content (AvgIpc) is 3.46. The van der Waals surface area contributed by atoms with Crippen molar-refractivity contribution in [2.45, 2.75) is 12.8 Å². The number of hydrogen-bond donors (Lipinski definition) is 1. The van der Waals surface area contributed by atoms with Crippen LogP contribution in [0.1, 0.15) is 12.8 Å². The Morgan fingerprint density at radius 1 is 1.03 bits per heavy atom. The van der Waals surface area contributed by atoms with Crippen molar-refractivity contribution < 1.29 is 14.0 Å². The van der Waals surface area contributed by atoms with E-state index >= 15 is 4.39 Å². The van der Waals surface area contributed by atoms with Crippen molar-refractivity contribution in [2.24, 2.45) is 18.2 Å². The predicted octanol–water partition coefficient (Wildman–Crippen LogP) is 5.53. The number of nitrogens with two attached hydrogens (primary N) is 1. The Kier molecular flexibility index (Phi) is 5.91. The number of rotatable bonds is 7. The van der Waals surface area contributed by atoms with Crippen molar-refractivity contribution >= 4 is 56.1 Å². The van der Waals surface area contributed by atoms with Gasteiger partial charge < -0.3 is 15.2 Å². The van der Waals surface area contributed by atoms with Crippen LogP contribution >= 0.6 is 11.3 Å². The monoisotopic (exact) mass is 540 g/mol. The minimum absolute atomic E-state index is 0.321. The molecule has 0 radical (unpaired) electrons. The summed E-state index contributed by atoms with van der Waals surface area (Å²) >= 11 is 1.54. The molecule has 1 aliphatic rings. The van der Waals surface area contributed by atoms with E-state index in [-0.39, 0.29) is 0 Å². The Morgan fingerprint density at radius 2 is 1.79 bits per heavy atom. The molecule has 5 aromatic rings. The van der Waals surface area contributed by atoms with Gasteiger partial charge in [0.15, 0.2) is 0 Å². The largest absolute Gasteiger partial charge is 0.369 e. The van der Waals surface area contributed by atoms with Crippen LogP contribution in [0.25, 0.3) is 20.8 Å². The lowest BCUT2D eigenvalue weighted by Crippen LogP contribution is -2.41. The second-order valence-corrected chi connectivity index (χ2v) is 10.7. The van der Waals surface area contributed by atoms with Gasteiger partial charge in [-0.05, 0) is 49.2 Å². The van der Waals surface area contributed by atoms with Crippen molar-refractivity contribution in [3.63, 3.8) is 0 Å². The summed E-state index contributed by atoms with van der Waals surface area (Å²) in [6, 6.07) is 17.4. The number of amides is 2. The summed E-state index contributed by atoms with van der Waals surface area (Å²) in [5.74, 6) is -1.62. The van der Waals surface area contributed by atoms with Crippen LogP contribution in [0.4, 0.5) is 27.1 Å². The fourth-order valence-corrected chi connectivity index (χ4v) is 5.88. The van der Waals surface area contributed by atoms with Crippen molar-refractivity contribution in [3.8, 4) is 10.6 Å². The highest BCUT2D eigenvalue weighted by Gasteiger charge is 2.57. The standard InChI is InChI=1S/C29H25FN6O2S/c1-34-16-22(33-17-34)25-15-21-26(39-25)24(10-13-32-21)35(2)23-9-8-19(14-20(23)30)36(18-6-4-3-5-7-18)28(38)29(11-12-29)27(31)37/h3-10,13-17H,11-12H2,1-2H3,(H2,31,37). The Balaban J connectivity index is 1.38. The minimum atomic E-state index is -1.26. The van der Waals surface area contributed by atoms with Gasteiger partial charge in [-0.15, -0.1) is 11.3 Å². The third-order valence-corrected chi connectivity index (χ3v) is 8.28. The Morgan fingerprint density at radius 3 is 2.44 bits per heavy atom. The molecule has 0 bridgehead atoms. The van der Waals surface area contributed by atoms with Crippen LogP contribution in [0.5, 0.6) is 0 Å². The first kappa shape index (κ1) is 24.7. The summed E-state index contributed by atoms with van der Waals surface area (Å²) in [6.07, 6.45) is 6.15. The number of benzene rings is 2. The molecule has 1 aliphatic carbocycles. The molecule has 1 fully saturated rings. The zero-order chi connectivity index (χ0) is 27.3. The molecule has 196 valence electrons. The molecule has 0 unspecified atom stereocenters. The molecule has 0 atom stereocenters. The summed E-state index contributed by atoms with van der Waals surface area (Å²) in [5, 5.41) is 0. The van der Waals surface area contributed by atoms with E-state index in [2.05, 4.69) is 9.97 Å². The molecular formula is C29H25FN6O2S. The molecule has 2 amide bonds. The first-order chi connectivity index (χ1) is 18.8. The van der Waals surface area contributed by atoms with E-state index in [0.717, 1.165) is 26.5 Å². The Labute approximate surface area is 228 Å². The summed E-state index contributed by atoms with van der Waals surface area (Å²) in [7, 11) is 3.71. The van der Waals surface area contributed by atoms with Crippen LogP contribution in [-0.2, 0) is 16.6 Å². The van der Waals surface area contributed by atoms with E-state index in [1.54, 1.807) is 72.2 Å². The summed E-state index contributed by atoms with van der Waals surface area (Å²) in [5.41, 5.74) is 7.96. The molecule has 3 aromatic heterocycles. The zero-order valence-electron chi connectivity index (χ0n) is 21.3. The molecule has 0 spiro atoms. The van der Waals surface area contributed by atoms with Gasteiger partial charge in [-0.2, -0.15) is 0 Å². The van der Waals surface area contributed by atoms with Gasteiger partial charge in [0.05, 0.1) is 44.2 Å². The van der Waals surface area contributed by atoms with Crippen molar-refractivity contribution in [1.82, 2.24) is 14.5 Å². The molecule has 6 rings (SSSR count). The summed E-state index contributed by atoms with van der Waals surface area (Å²) < 4.78 is 18.6. The van der Waals surface area contributed by atoms with Gasteiger partial charge in [0.2, 0.25) is 11.8 Å². The zero-order valence-corrected chi connectivity index (χ0v) is 22.2. The van der Waals surface area contributed by atoms with Crippen molar-refractivity contribution in [2.75, 3.05) is 16.8 Å². The van der Waals surface area contributed by atoms with Crippen LogP contribution in [-0.4, -0.2) is 33.4 Å². The smallest absolute Gasteiger partial charge is 0.247 e. The average molecular weight is 541 g/mol. The fraction of sp³-hybridized carbons (Fsp3) is 0.172. The molecule has 39 heavy (non-hydrogen) atoms. The number of aromatic nitrogens is 3. The number of primary amides is 1. The van der Waals surface area contributed by atoms with Gasteiger partial charge in [-0.1, -0.05) is 18.2 Å². The normalized spacial score (nSPS) is 13.8. The van der Waals surface area contributed by atoms with E-state index in [9.17, 15) is 9.59 Å². The molecule has 8 nitrogen and oxygen atoms in total. The van der Waals surface area contributed by atoms with E-state index in [1.807, 2.05) is 36.0 Å². The number of nitrogens with zero attached hydrogens (tertiary/aromatic N) is 5. The predicted molar refractivity (Wildman–Crippen MR) is 151 cm³/mol. The number of fused-ring (bicyclic) bond motifs is 1. The van der Waals surface area contributed by atoms with Gasteiger partial charge in [-0.3, -0.25) is 19.5 Å². The van der Waals surface area contributed by atoms with Gasteiger partial charge >= 0.3 is 0 Å². The van der Waals surface area contributed by atoms with Gasteiger partial charge in [0, 0.05) is 38.2 Å². The van der Waals surface area contributed by atoms with E-state index in [4.69, 9.17) is 5.73 Å². The number of carbonyl (C=O) groups is 2. The van der Waals surface area contributed by atoms with E-state index < -0.39 is 23.0 Å². The fourth-order valence-electron chi connectivity index (χ4n) is 4.76. The van der Waals surface area contributed by atoms with Crippen LogP contribution in [0.3, 0.4) is 0 Å². The second-order valence-electron chi connectivity index (χ2n) is 9.70. The highest BCUT2D eigenvalue weighted by molar-refractivity contribution is 7.22. The Hall–Kier alpha value is -4.57. The number of halogens is 1. The number of anilines is 4. The molecule has 0 saturated heterocycles. The highest BCUT2D eigenvalue weighted by atomic mass is 32.1. The molecule has 3 heterocycles. The number of aryl methyl sites for hydroxylation is 1. The van der Waals surface area contributed by atoms with Gasteiger partial charge in [0.1, 0.15) is 11.2 Å². The maximum Gasteiger partial charge on any atom is 0.247 e. The molecule has 10 heteroatoms. The quantitative estimate of drug-likeness (QED) is 0.274. The summed E-state index contributed by atoms with van der Waals surface area (Å²) in [4.78, 5) is 38.8. The van der Waals surface area contributed by atoms with Crippen molar-refractivity contribution in [3.05, 3.63) is 85.2 Å². The lowest BCUT2D eigenvalue weighted by Gasteiger charge is -2.27. The second kappa shape index (κ2) is 9.32. The lowest BCUT2D eigenvalue weighted by molar-refractivity contribution is -0.133. The van der Waals surface area contributed by atoms with Gasteiger partial charge in [0.25, 0.3) is 0 Å². The molecular weight excluding hydrogens is 515 g/mol. The third kappa shape index (κ3) is 4.22. The number of carbonyl (C=O) groups excluding carboxylic acids is 2. The number of pyridine rings is 1. The van der Waals surface area contributed by atoms with Crippen LogP contribution in [0.2, 0.25) is 0 Å². The molecule has 2 N–H and O–H groups in total. The maximum atomic E-state index is 15.8. The summed E-state index contributed by atoms with van der Waals surface area (Å²) in [6.45, 7) is 0. The maximum absolute atomic E-state index is 15.8. The number of imidazole rings is 1. The number of thiophene rings is 1. The number of para-hydroxylation sites is 1. The molecule has 0 aliphatic heterocycles. The van der Waals surface area contributed by atoms with E-state index in [1.165, 1.54) is 11.0 Å². The van der Waals surface area contributed by atoms with E-state index in [0.29, 0.717) is 29.9 Å². The lowest BCUT2D eigenvalue weighted by atomic mass is 10.0. The minimum Gasteiger partial charge on any atom is -0.369 e. The molecule has 1 saturated carbocycles. The van der Waals surface area contributed by atoms with Crippen LogP contribution in [0.15, 0.2) is 79.4 Å². The van der Waals surface area contributed by atoms with Crippen LogP contribution < -0.4 is 15.5 Å².